The van der Waals surface area contributed by atoms with Crippen molar-refractivity contribution in [3.63, 3.8) is 0 Å². The van der Waals surface area contributed by atoms with Gasteiger partial charge in [0.2, 0.25) is 11.7 Å². The smallest absolute Gasteiger partial charge is 0.227 e. The first-order valence-corrected chi connectivity index (χ1v) is 9.63. The van der Waals surface area contributed by atoms with E-state index in [4.69, 9.17) is 18.9 Å². The van der Waals surface area contributed by atoms with Gasteiger partial charge in [0.1, 0.15) is 5.75 Å². The molecule has 0 saturated heterocycles. The average molecular weight is 417 g/mol. The molecule has 0 aliphatic rings. The highest BCUT2D eigenvalue weighted by molar-refractivity contribution is 5.84. The molecule has 1 N–H and O–H groups in total. The fourth-order valence-corrected chi connectivity index (χ4v) is 3.33. The van der Waals surface area contributed by atoms with Crippen molar-refractivity contribution in [3.8, 4) is 34.1 Å². The van der Waals surface area contributed by atoms with Gasteiger partial charge >= 0.3 is 0 Å². The first kappa shape index (κ1) is 20.3. The van der Waals surface area contributed by atoms with E-state index in [1.165, 1.54) is 0 Å². The zero-order chi connectivity index (χ0) is 21.8. The summed E-state index contributed by atoms with van der Waals surface area (Å²) in [5, 5.41) is 4.17. The molecule has 0 radical (unpaired) electrons. The Labute approximate surface area is 180 Å². The van der Waals surface area contributed by atoms with Crippen LogP contribution in [0, 0.1) is 0 Å². The van der Waals surface area contributed by atoms with Gasteiger partial charge in [-0.15, -0.1) is 0 Å². The molecular formula is C24H23N3O4. The summed E-state index contributed by atoms with van der Waals surface area (Å²) < 4.78 is 21.4. The third-order valence-electron chi connectivity index (χ3n) is 4.93. The summed E-state index contributed by atoms with van der Waals surface area (Å²) in [5.74, 6) is 2.91. The predicted octanol–water partition coefficient (Wildman–Crippen LogP) is 5.07. The van der Waals surface area contributed by atoms with Crippen LogP contribution in [0.15, 0.2) is 60.8 Å². The van der Waals surface area contributed by atoms with Crippen LogP contribution in [-0.2, 0) is 0 Å². The molecule has 158 valence electrons. The van der Waals surface area contributed by atoms with E-state index >= 15 is 0 Å². The van der Waals surface area contributed by atoms with Gasteiger partial charge in [0, 0.05) is 29.4 Å². The van der Waals surface area contributed by atoms with Gasteiger partial charge in [0.15, 0.2) is 11.5 Å². The first-order chi connectivity index (χ1) is 15.1. The van der Waals surface area contributed by atoms with Gasteiger partial charge in [0.05, 0.1) is 34.0 Å². The Morgan fingerprint density at radius 2 is 1.39 bits per heavy atom. The minimum Gasteiger partial charge on any atom is -0.497 e. The number of hydrogen-bond donors (Lipinski definition) is 1. The van der Waals surface area contributed by atoms with E-state index in [2.05, 4.69) is 21.4 Å². The first-order valence-electron chi connectivity index (χ1n) is 9.63. The molecule has 0 atom stereocenters. The minimum absolute atomic E-state index is 0.466. The summed E-state index contributed by atoms with van der Waals surface area (Å²) in [5.41, 5.74) is 3.70. The van der Waals surface area contributed by atoms with E-state index in [0.717, 1.165) is 33.5 Å². The van der Waals surface area contributed by atoms with Crippen LogP contribution in [0.4, 0.5) is 11.6 Å². The zero-order valence-corrected chi connectivity index (χ0v) is 17.8. The fraction of sp³-hybridized carbons (Fsp3) is 0.167. The van der Waals surface area contributed by atoms with Crippen LogP contribution in [0.2, 0.25) is 0 Å². The molecule has 0 saturated carbocycles. The molecule has 0 amide bonds. The number of anilines is 2. The molecule has 7 nitrogen and oxygen atoms in total. The molecule has 0 bridgehead atoms. The number of methoxy groups -OCH3 is 4. The molecule has 0 aliphatic heterocycles. The zero-order valence-electron chi connectivity index (χ0n) is 17.8. The fourth-order valence-electron chi connectivity index (χ4n) is 3.33. The quantitative estimate of drug-likeness (QED) is 0.450. The SMILES string of the molecule is COc1ccc(-c2ccc3cnc(Nc4cc(OC)c(OC)c(OC)c4)nc3c2)cc1. The second-order valence-corrected chi connectivity index (χ2v) is 6.73. The van der Waals surface area contributed by atoms with Crippen molar-refractivity contribution in [2.24, 2.45) is 0 Å². The van der Waals surface area contributed by atoms with E-state index in [9.17, 15) is 0 Å². The van der Waals surface area contributed by atoms with Gasteiger partial charge in [-0.05, 0) is 29.3 Å². The van der Waals surface area contributed by atoms with Crippen molar-refractivity contribution in [2.45, 2.75) is 0 Å². The third-order valence-corrected chi connectivity index (χ3v) is 4.93. The van der Waals surface area contributed by atoms with Crippen molar-refractivity contribution in [1.82, 2.24) is 9.97 Å². The Hall–Kier alpha value is -4.00. The van der Waals surface area contributed by atoms with Crippen molar-refractivity contribution in [3.05, 3.63) is 60.8 Å². The predicted molar refractivity (Wildman–Crippen MR) is 121 cm³/mol. The summed E-state index contributed by atoms with van der Waals surface area (Å²) in [6.45, 7) is 0. The van der Waals surface area contributed by atoms with Crippen molar-refractivity contribution in [1.29, 1.82) is 0 Å². The molecule has 7 heteroatoms. The summed E-state index contributed by atoms with van der Waals surface area (Å²) >= 11 is 0. The molecular weight excluding hydrogens is 394 g/mol. The van der Waals surface area contributed by atoms with Gasteiger partial charge in [-0.1, -0.05) is 24.3 Å². The Morgan fingerprint density at radius 1 is 0.710 bits per heavy atom. The van der Waals surface area contributed by atoms with Crippen LogP contribution >= 0.6 is 0 Å². The maximum atomic E-state index is 5.41. The molecule has 1 heterocycles. The third kappa shape index (κ3) is 4.16. The summed E-state index contributed by atoms with van der Waals surface area (Å²) in [4.78, 5) is 9.11. The number of fused-ring (bicyclic) bond motifs is 1. The molecule has 4 aromatic rings. The van der Waals surface area contributed by atoms with E-state index < -0.39 is 0 Å². The second-order valence-electron chi connectivity index (χ2n) is 6.73. The number of nitrogens with zero attached hydrogens (tertiary/aromatic N) is 2. The summed E-state index contributed by atoms with van der Waals surface area (Å²) in [6, 6.07) is 17.7. The van der Waals surface area contributed by atoms with Crippen LogP contribution in [0.25, 0.3) is 22.0 Å². The molecule has 0 fully saturated rings. The lowest BCUT2D eigenvalue weighted by molar-refractivity contribution is 0.324. The molecule has 0 aliphatic carbocycles. The maximum absolute atomic E-state index is 5.41. The van der Waals surface area contributed by atoms with Gasteiger partial charge in [-0.25, -0.2) is 9.97 Å². The van der Waals surface area contributed by atoms with Crippen LogP contribution in [-0.4, -0.2) is 38.4 Å². The number of benzene rings is 3. The van der Waals surface area contributed by atoms with Crippen LogP contribution in [0.5, 0.6) is 23.0 Å². The highest BCUT2D eigenvalue weighted by Crippen LogP contribution is 2.40. The second kappa shape index (κ2) is 8.79. The van der Waals surface area contributed by atoms with E-state index in [1.54, 1.807) is 34.6 Å². The minimum atomic E-state index is 0.466. The highest BCUT2D eigenvalue weighted by Gasteiger charge is 2.14. The molecule has 4 rings (SSSR count). The Morgan fingerprint density at radius 3 is 2.00 bits per heavy atom. The monoisotopic (exact) mass is 417 g/mol. The van der Waals surface area contributed by atoms with Gasteiger partial charge in [0.25, 0.3) is 0 Å². The van der Waals surface area contributed by atoms with Crippen LogP contribution < -0.4 is 24.3 Å². The average Bonchev–Trinajstić information content (AvgIpc) is 2.83. The van der Waals surface area contributed by atoms with Crippen molar-refractivity contribution in [2.75, 3.05) is 33.8 Å². The summed E-state index contributed by atoms with van der Waals surface area (Å²) in [7, 11) is 6.38. The van der Waals surface area contributed by atoms with Crippen LogP contribution in [0.1, 0.15) is 0 Å². The molecule has 1 aromatic heterocycles. The van der Waals surface area contributed by atoms with Crippen molar-refractivity contribution >= 4 is 22.5 Å². The molecule has 31 heavy (non-hydrogen) atoms. The normalized spacial score (nSPS) is 10.6. The van der Waals surface area contributed by atoms with Gasteiger partial charge in [-0.3, -0.25) is 0 Å². The Bertz CT molecular complexity index is 1180. The lowest BCUT2D eigenvalue weighted by Crippen LogP contribution is -2.00. The highest BCUT2D eigenvalue weighted by atomic mass is 16.5. The largest absolute Gasteiger partial charge is 0.497 e. The standard InChI is InChI=1S/C24H23N3O4/c1-28-19-9-7-15(8-10-19)16-5-6-17-14-25-24(27-20(17)11-16)26-18-12-21(29-2)23(31-4)22(13-18)30-3/h5-14H,1-4H3,(H,25,26,27). The number of hydrogen-bond acceptors (Lipinski definition) is 7. The lowest BCUT2D eigenvalue weighted by atomic mass is 10.0. The number of aromatic nitrogens is 2. The summed E-state index contributed by atoms with van der Waals surface area (Å²) in [6.07, 6.45) is 1.79. The lowest BCUT2D eigenvalue weighted by Gasteiger charge is -2.14. The van der Waals surface area contributed by atoms with Gasteiger partial charge < -0.3 is 24.3 Å². The van der Waals surface area contributed by atoms with Gasteiger partial charge in [-0.2, -0.15) is 0 Å². The maximum Gasteiger partial charge on any atom is 0.227 e. The van der Waals surface area contributed by atoms with Crippen molar-refractivity contribution < 1.29 is 18.9 Å². The number of ether oxygens (including phenoxy) is 4. The van der Waals surface area contributed by atoms with E-state index in [1.807, 2.05) is 48.5 Å². The molecule has 3 aromatic carbocycles. The number of nitrogens with one attached hydrogen (secondary N) is 1. The Kier molecular flexibility index (Phi) is 5.75. The topological polar surface area (TPSA) is 74.7 Å². The van der Waals surface area contributed by atoms with E-state index in [-0.39, 0.29) is 0 Å². The Balaban J connectivity index is 1.67. The van der Waals surface area contributed by atoms with Crippen LogP contribution in [0.3, 0.4) is 0 Å². The molecule has 0 spiro atoms. The number of rotatable bonds is 7. The molecule has 0 unspecified atom stereocenters. The van der Waals surface area contributed by atoms with E-state index in [0.29, 0.717) is 23.2 Å².